The van der Waals surface area contributed by atoms with Gasteiger partial charge in [-0.15, -0.1) is 0 Å². The van der Waals surface area contributed by atoms with Crippen molar-refractivity contribution in [1.82, 2.24) is 5.32 Å². The Bertz CT molecular complexity index is 586. The summed E-state index contributed by atoms with van der Waals surface area (Å²) >= 11 is 0. The van der Waals surface area contributed by atoms with Gasteiger partial charge in [0.25, 0.3) is 0 Å². The van der Waals surface area contributed by atoms with Gasteiger partial charge in [0.05, 0.1) is 5.92 Å². The zero-order chi connectivity index (χ0) is 16.4. The highest BCUT2D eigenvalue weighted by Gasteiger charge is 2.35. The third-order valence-corrected chi connectivity index (χ3v) is 4.33. The summed E-state index contributed by atoms with van der Waals surface area (Å²) < 4.78 is 13.7. The van der Waals surface area contributed by atoms with Gasteiger partial charge in [0.1, 0.15) is 5.82 Å². The van der Waals surface area contributed by atoms with Crippen LogP contribution >= 0.6 is 0 Å². The second-order valence-electron chi connectivity index (χ2n) is 6.38. The maximum absolute atomic E-state index is 13.7. The minimum absolute atomic E-state index is 0.0634. The molecule has 4 nitrogen and oxygen atoms in total. The highest BCUT2D eigenvalue weighted by molar-refractivity contribution is 6.00. The molecule has 0 saturated carbocycles. The number of aryl methyl sites for hydroxylation is 1. The minimum atomic E-state index is -0.377. The summed E-state index contributed by atoms with van der Waals surface area (Å²) in [6, 6.07) is 4.78. The average molecular weight is 306 g/mol. The van der Waals surface area contributed by atoms with Gasteiger partial charge >= 0.3 is 0 Å². The molecule has 22 heavy (non-hydrogen) atoms. The zero-order valence-electron chi connectivity index (χ0n) is 13.5. The molecule has 1 fully saturated rings. The third kappa shape index (κ3) is 3.46. The lowest BCUT2D eigenvalue weighted by Gasteiger charge is -2.20. The molecule has 0 spiro atoms. The Kier molecular flexibility index (Phi) is 4.84. The van der Waals surface area contributed by atoms with Gasteiger partial charge in [0.15, 0.2) is 0 Å². The topological polar surface area (TPSA) is 49.4 Å². The summed E-state index contributed by atoms with van der Waals surface area (Å²) in [6.45, 7) is 8.00. The Morgan fingerprint density at radius 3 is 2.64 bits per heavy atom. The molecule has 1 saturated heterocycles. The Morgan fingerprint density at radius 2 is 2.05 bits per heavy atom. The van der Waals surface area contributed by atoms with E-state index in [1.807, 2.05) is 20.8 Å². The van der Waals surface area contributed by atoms with Crippen LogP contribution in [0.15, 0.2) is 18.2 Å². The minimum Gasteiger partial charge on any atom is -0.353 e. The van der Waals surface area contributed by atoms with E-state index in [2.05, 4.69) is 5.32 Å². The van der Waals surface area contributed by atoms with Gasteiger partial charge in [0, 0.05) is 24.7 Å². The van der Waals surface area contributed by atoms with E-state index in [0.717, 1.165) is 0 Å². The number of rotatable bonds is 4. The van der Waals surface area contributed by atoms with Gasteiger partial charge in [-0.05, 0) is 37.5 Å². The van der Waals surface area contributed by atoms with Crippen molar-refractivity contribution >= 4 is 17.5 Å². The lowest BCUT2D eigenvalue weighted by Crippen LogP contribution is -2.40. The molecular formula is C17H23FN2O2. The van der Waals surface area contributed by atoms with E-state index in [9.17, 15) is 14.0 Å². The Hall–Kier alpha value is -1.91. The van der Waals surface area contributed by atoms with Gasteiger partial charge in [-0.1, -0.05) is 19.9 Å². The Morgan fingerprint density at radius 1 is 1.36 bits per heavy atom. The van der Waals surface area contributed by atoms with Crippen LogP contribution in [0.5, 0.6) is 0 Å². The second kappa shape index (κ2) is 6.46. The van der Waals surface area contributed by atoms with E-state index in [4.69, 9.17) is 0 Å². The molecule has 0 aliphatic carbocycles. The van der Waals surface area contributed by atoms with Crippen molar-refractivity contribution in [3.8, 4) is 0 Å². The lowest BCUT2D eigenvalue weighted by molar-refractivity contribution is -0.127. The fraction of sp³-hybridized carbons (Fsp3) is 0.529. The molecule has 1 N–H and O–H groups in total. The number of hydrogen-bond acceptors (Lipinski definition) is 2. The maximum Gasteiger partial charge on any atom is 0.227 e. The fourth-order valence-corrected chi connectivity index (χ4v) is 2.39. The Labute approximate surface area is 130 Å². The molecule has 1 aromatic rings. The first-order chi connectivity index (χ1) is 10.3. The summed E-state index contributed by atoms with van der Waals surface area (Å²) in [5.41, 5.74) is 1.05. The standard InChI is InChI=1S/C17H23FN2O2/c1-10(2)12(4)19-17(22)13-7-16(21)20(9-13)14-6-5-11(3)15(18)8-14/h5-6,8,10,12-13H,7,9H2,1-4H3,(H,19,22). The normalized spacial score (nSPS) is 19.6. The molecule has 2 atom stereocenters. The van der Waals surface area contributed by atoms with Gasteiger partial charge in [-0.2, -0.15) is 0 Å². The maximum atomic E-state index is 13.7. The Balaban J connectivity index is 2.07. The highest BCUT2D eigenvalue weighted by atomic mass is 19.1. The smallest absolute Gasteiger partial charge is 0.227 e. The molecule has 0 aromatic heterocycles. The van der Waals surface area contributed by atoms with Crippen LogP contribution in [-0.4, -0.2) is 24.4 Å². The molecule has 1 aromatic carbocycles. The van der Waals surface area contributed by atoms with E-state index in [1.165, 1.54) is 11.0 Å². The molecule has 2 unspecified atom stereocenters. The molecule has 0 radical (unpaired) electrons. The van der Waals surface area contributed by atoms with Crippen molar-refractivity contribution in [2.24, 2.45) is 11.8 Å². The number of anilines is 1. The summed E-state index contributed by atoms with van der Waals surface area (Å²) in [5.74, 6) is -0.627. The number of hydrogen-bond donors (Lipinski definition) is 1. The summed E-state index contributed by atoms with van der Waals surface area (Å²) in [4.78, 5) is 25.9. The summed E-state index contributed by atoms with van der Waals surface area (Å²) in [6.07, 6.45) is 0.173. The van der Waals surface area contributed by atoms with Crippen LogP contribution in [-0.2, 0) is 9.59 Å². The van der Waals surface area contributed by atoms with Crippen molar-refractivity contribution in [3.05, 3.63) is 29.6 Å². The number of nitrogens with one attached hydrogen (secondary N) is 1. The van der Waals surface area contributed by atoms with Crippen LogP contribution in [0.25, 0.3) is 0 Å². The molecule has 0 bridgehead atoms. The van der Waals surface area contributed by atoms with E-state index < -0.39 is 0 Å². The molecular weight excluding hydrogens is 283 g/mol. The molecule has 1 aliphatic rings. The van der Waals surface area contributed by atoms with Crippen molar-refractivity contribution < 1.29 is 14.0 Å². The van der Waals surface area contributed by atoms with Crippen LogP contribution in [0, 0.1) is 24.6 Å². The van der Waals surface area contributed by atoms with E-state index in [-0.39, 0.29) is 36.0 Å². The van der Waals surface area contributed by atoms with Gasteiger partial charge in [0.2, 0.25) is 11.8 Å². The van der Waals surface area contributed by atoms with E-state index >= 15 is 0 Å². The quantitative estimate of drug-likeness (QED) is 0.929. The average Bonchev–Trinajstić information content (AvgIpc) is 2.84. The SMILES string of the molecule is Cc1ccc(N2CC(C(=O)NC(C)C(C)C)CC2=O)cc1F. The number of carbonyl (C=O) groups is 2. The van der Waals surface area contributed by atoms with Crippen LogP contribution in [0.3, 0.4) is 0 Å². The van der Waals surface area contributed by atoms with Crippen LogP contribution in [0.4, 0.5) is 10.1 Å². The molecule has 1 aliphatic heterocycles. The monoisotopic (exact) mass is 306 g/mol. The second-order valence-corrected chi connectivity index (χ2v) is 6.38. The van der Waals surface area contributed by atoms with E-state index in [0.29, 0.717) is 23.7 Å². The molecule has 2 amide bonds. The first kappa shape index (κ1) is 16.5. The van der Waals surface area contributed by atoms with Crippen LogP contribution < -0.4 is 10.2 Å². The number of benzene rings is 1. The summed E-state index contributed by atoms with van der Waals surface area (Å²) in [5, 5.41) is 2.94. The van der Waals surface area contributed by atoms with Gasteiger partial charge in [-0.25, -0.2) is 4.39 Å². The predicted molar refractivity (Wildman–Crippen MR) is 84.0 cm³/mol. The molecule has 120 valence electrons. The molecule has 5 heteroatoms. The van der Waals surface area contributed by atoms with Crippen molar-refractivity contribution in [3.63, 3.8) is 0 Å². The van der Waals surface area contributed by atoms with E-state index in [1.54, 1.807) is 19.1 Å². The lowest BCUT2D eigenvalue weighted by atomic mass is 10.0. The first-order valence-corrected chi connectivity index (χ1v) is 7.66. The molecule has 2 rings (SSSR count). The third-order valence-electron chi connectivity index (χ3n) is 4.33. The predicted octanol–water partition coefficient (Wildman–Crippen LogP) is 2.65. The van der Waals surface area contributed by atoms with Crippen molar-refractivity contribution in [2.75, 3.05) is 11.4 Å². The largest absolute Gasteiger partial charge is 0.353 e. The van der Waals surface area contributed by atoms with Gasteiger partial charge < -0.3 is 10.2 Å². The number of nitrogens with zero attached hydrogens (tertiary/aromatic N) is 1. The number of halogens is 1. The number of carbonyl (C=O) groups excluding carboxylic acids is 2. The van der Waals surface area contributed by atoms with Crippen molar-refractivity contribution in [2.45, 2.75) is 40.2 Å². The zero-order valence-corrected chi connectivity index (χ0v) is 13.5. The van der Waals surface area contributed by atoms with Crippen LogP contribution in [0.1, 0.15) is 32.8 Å². The fourth-order valence-electron chi connectivity index (χ4n) is 2.39. The highest BCUT2D eigenvalue weighted by Crippen LogP contribution is 2.26. The van der Waals surface area contributed by atoms with Crippen molar-refractivity contribution in [1.29, 1.82) is 0 Å². The first-order valence-electron chi connectivity index (χ1n) is 7.66. The number of amides is 2. The molecule has 1 heterocycles. The van der Waals surface area contributed by atoms with Gasteiger partial charge in [-0.3, -0.25) is 9.59 Å². The summed E-state index contributed by atoms with van der Waals surface area (Å²) in [7, 11) is 0. The van der Waals surface area contributed by atoms with Crippen LogP contribution in [0.2, 0.25) is 0 Å².